The number of methoxy groups -OCH3 is 2. The zero-order chi connectivity index (χ0) is 49.4. The van der Waals surface area contributed by atoms with E-state index in [1.807, 2.05) is 0 Å². The minimum Gasteiger partial charge on any atom is -0.503 e. The first-order valence-corrected chi connectivity index (χ1v) is 23.1. The Bertz CT molecular complexity index is 3040. The molecule has 11 N–H and O–H groups in total. The number of carbonyl (C=O) groups excluding carboxylic acids is 3. The third kappa shape index (κ3) is 8.40. The number of ether oxygens (including phenoxy) is 6. The van der Waals surface area contributed by atoms with Gasteiger partial charge in [0.25, 0.3) is 17.4 Å². The van der Waals surface area contributed by atoms with Crippen LogP contribution in [0.15, 0.2) is 41.5 Å². The van der Waals surface area contributed by atoms with E-state index in [2.05, 4.69) is 29.4 Å². The number of amides is 2. The number of phosphoric acid groups is 2. The molecule has 8 rings (SSSR count). The van der Waals surface area contributed by atoms with E-state index in [4.69, 9.17) is 67.1 Å². The lowest BCUT2D eigenvalue weighted by molar-refractivity contribution is -0.745. The van der Waals surface area contributed by atoms with Gasteiger partial charge in [-0.05, 0) is 30.3 Å². The van der Waals surface area contributed by atoms with E-state index in [1.54, 1.807) is 0 Å². The molecule has 0 bridgehead atoms. The van der Waals surface area contributed by atoms with E-state index in [0.29, 0.717) is 0 Å². The van der Waals surface area contributed by atoms with Gasteiger partial charge >= 0.3 is 33.4 Å². The maximum absolute atomic E-state index is 13.7. The van der Waals surface area contributed by atoms with E-state index in [0.717, 1.165) is 4.57 Å². The molecule has 1 saturated heterocycles. The van der Waals surface area contributed by atoms with E-state index < -0.39 is 87.4 Å². The summed E-state index contributed by atoms with van der Waals surface area (Å²) in [7, 11) is -7.01. The zero-order valence-electron chi connectivity index (χ0n) is 34.9. The summed E-state index contributed by atoms with van der Waals surface area (Å²) >= 11 is 13.1. The molecule has 1 spiro atoms. The van der Waals surface area contributed by atoms with Crippen molar-refractivity contribution in [3.63, 3.8) is 0 Å². The van der Waals surface area contributed by atoms with Crippen LogP contribution in [0.2, 0.25) is 10.0 Å². The number of imidazole rings is 1. The van der Waals surface area contributed by atoms with Crippen LogP contribution < -0.4 is 40.7 Å². The van der Waals surface area contributed by atoms with Crippen LogP contribution in [0.25, 0.3) is 11.2 Å². The molecule has 5 aromatic rings. The summed E-state index contributed by atoms with van der Waals surface area (Å²) in [6, 6.07) is 6.61. The number of fused-ring (bicyclic) bond motifs is 7. The SMILES string of the molecule is COc1cc2c(c(Cl)c1O)Oc1c(cc(OC)c(O)c1Cl)C21OC(=O)c2ccc(C(=O)NCCNC(=O)O[C@@H]3[C@H](O)[C@@H](COP(=O)(O)OP(=O)(O)O)O[C@H]3[n+]3cn(C)c4c(=O)[nH]c(N)nc43)cc21. The number of phenols is 2. The highest BCUT2D eigenvalue weighted by molar-refractivity contribution is 7.60. The minimum atomic E-state index is -5.53. The molecule has 31 heteroatoms. The summed E-state index contributed by atoms with van der Waals surface area (Å²) in [5, 5.41) is 37.1. The molecular weight excluding hydrogens is 995 g/mol. The fourth-order valence-corrected chi connectivity index (χ4v) is 9.94. The topological polar surface area (TPSA) is 385 Å². The molecule has 68 heavy (non-hydrogen) atoms. The molecule has 0 saturated carbocycles. The first-order chi connectivity index (χ1) is 32.0. The average Bonchev–Trinajstić information content (AvgIpc) is 3.87. The molecule has 27 nitrogen and oxygen atoms in total. The van der Waals surface area contributed by atoms with Crippen molar-refractivity contribution in [1.82, 2.24) is 25.2 Å². The first kappa shape index (κ1) is 48.2. The van der Waals surface area contributed by atoms with Crippen LogP contribution in [0.1, 0.15) is 43.6 Å². The standard InChI is InChI=1S/C37H35Cl2N7O20P2/c1-45-12-46(30-23(45)32(51)44-35(40)43-30)33-29(26(49)20(62-33)11-61-68(57,58)66-67(54,55)56)64-36(53)42-7-6-41-31(50)13-4-5-14-15(8-13)37(65-34(14)52)16-9-18(59-2)24(47)21(38)27(16)63-28-17(37)10-19(60-3)25(48)22(28)39/h4-5,8-10,12,20,26,29,33,49H,6-7,11H2,1-3H3,(H9-,40,41,42,43,44,47,48,50,51,53,54,55,56,57,58)/p+1/t20-,26-,29-,33-/m1/s1. The van der Waals surface area contributed by atoms with Crippen LogP contribution >= 0.6 is 38.8 Å². The molecule has 0 aliphatic carbocycles. The summed E-state index contributed by atoms with van der Waals surface area (Å²) in [6.45, 7) is -1.62. The molecular formula is C37H36Cl2N7O20P2+. The molecule has 0 radical (unpaired) electrons. The lowest BCUT2D eigenvalue weighted by Gasteiger charge is -2.37. The number of halogens is 2. The van der Waals surface area contributed by atoms with Gasteiger partial charge in [0.05, 0.1) is 44.6 Å². The van der Waals surface area contributed by atoms with Crippen molar-refractivity contribution in [1.29, 1.82) is 0 Å². The summed E-state index contributed by atoms with van der Waals surface area (Å²) in [5.41, 5.74) is 3.03. The highest BCUT2D eigenvalue weighted by Gasteiger charge is 2.56. The van der Waals surface area contributed by atoms with Gasteiger partial charge in [0.15, 0.2) is 52.5 Å². The number of aliphatic hydroxyl groups is 1. The minimum absolute atomic E-state index is 0.00571. The number of nitrogen functional groups attached to an aromatic ring is 1. The van der Waals surface area contributed by atoms with Crippen molar-refractivity contribution >= 4 is 73.9 Å². The van der Waals surface area contributed by atoms with Gasteiger partial charge in [-0.1, -0.05) is 28.2 Å². The summed E-state index contributed by atoms with van der Waals surface area (Å²) in [4.78, 5) is 87.5. The van der Waals surface area contributed by atoms with E-state index >= 15 is 0 Å². The Hall–Kier alpha value is -6.22. The number of nitrogens with zero attached hydrogens (tertiary/aromatic N) is 3. The number of aliphatic hydroxyl groups excluding tert-OH is 1. The van der Waals surface area contributed by atoms with Crippen molar-refractivity contribution in [3.05, 3.63) is 84.9 Å². The second-order valence-corrected chi connectivity index (χ2v) is 18.5. The van der Waals surface area contributed by atoms with Crippen molar-refractivity contribution in [2.45, 2.75) is 30.1 Å². The van der Waals surface area contributed by atoms with Crippen LogP contribution in [-0.2, 0) is 44.8 Å². The molecule has 5 atom stereocenters. The van der Waals surface area contributed by atoms with Gasteiger partial charge in [-0.15, -0.1) is 0 Å². The third-order valence-electron chi connectivity index (χ3n) is 10.8. The summed E-state index contributed by atoms with van der Waals surface area (Å²) < 4.78 is 68.4. The molecule has 3 aliphatic rings. The lowest BCUT2D eigenvalue weighted by Crippen LogP contribution is -2.49. The fraction of sp³-hybridized carbons (Fsp3) is 0.297. The maximum Gasteiger partial charge on any atom is 0.481 e. The number of aryl methyl sites for hydroxylation is 1. The highest BCUT2D eigenvalue weighted by atomic mass is 35.5. The number of anilines is 1. The van der Waals surface area contributed by atoms with Crippen LogP contribution in [0.5, 0.6) is 34.5 Å². The van der Waals surface area contributed by atoms with Crippen molar-refractivity contribution in [3.8, 4) is 34.5 Å². The predicted octanol–water partition coefficient (Wildman–Crippen LogP) is 1.44. The van der Waals surface area contributed by atoms with Gasteiger partial charge in [0.2, 0.25) is 11.7 Å². The molecule has 1 fully saturated rings. The largest absolute Gasteiger partial charge is 0.503 e. The van der Waals surface area contributed by atoms with Gasteiger partial charge < -0.3 is 74.8 Å². The third-order valence-corrected chi connectivity index (χ3v) is 13.6. The van der Waals surface area contributed by atoms with E-state index in [1.165, 1.54) is 62.5 Å². The molecule has 362 valence electrons. The number of carbonyl (C=O) groups is 3. The lowest BCUT2D eigenvalue weighted by atomic mass is 9.77. The number of alkyl carbamates (subject to hydrolysis) is 1. The number of benzene rings is 3. The Kier molecular flexibility index (Phi) is 12.6. The second kappa shape index (κ2) is 17.7. The first-order valence-electron chi connectivity index (χ1n) is 19.3. The second-order valence-electron chi connectivity index (χ2n) is 14.9. The number of aromatic amines is 1. The van der Waals surface area contributed by atoms with Crippen molar-refractivity contribution in [2.24, 2.45) is 7.05 Å². The number of phenolic OH excluding ortho intramolecular Hbond substituents is 2. The number of nitrogens with two attached hydrogens (primary N) is 1. The quantitative estimate of drug-likeness (QED) is 0.0345. The monoisotopic (exact) mass is 1030 g/mol. The fourth-order valence-electron chi connectivity index (χ4n) is 7.88. The molecule has 1 unspecified atom stereocenters. The number of hydrogen-bond acceptors (Lipinski definition) is 19. The summed E-state index contributed by atoms with van der Waals surface area (Å²) in [5.74, 6) is -3.70. The molecule has 3 aliphatic heterocycles. The highest BCUT2D eigenvalue weighted by Crippen LogP contribution is 2.63. The van der Waals surface area contributed by atoms with E-state index in [9.17, 15) is 48.5 Å². The van der Waals surface area contributed by atoms with Gasteiger partial charge in [-0.2, -0.15) is 4.31 Å². The van der Waals surface area contributed by atoms with Gasteiger partial charge in [-0.3, -0.25) is 23.7 Å². The van der Waals surface area contributed by atoms with Gasteiger partial charge in [-0.25, -0.2) is 23.3 Å². The molecule has 2 amide bonds. The number of nitrogens with one attached hydrogen (secondary N) is 3. The number of aromatic hydroxyl groups is 2. The zero-order valence-corrected chi connectivity index (χ0v) is 38.2. The Labute approximate surface area is 389 Å². The van der Waals surface area contributed by atoms with Gasteiger partial charge in [0.1, 0.15) is 22.3 Å². The van der Waals surface area contributed by atoms with Crippen LogP contribution in [0.4, 0.5) is 10.7 Å². The predicted molar refractivity (Wildman–Crippen MR) is 227 cm³/mol. The molecule has 5 heterocycles. The average molecular weight is 1030 g/mol. The smallest absolute Gasteiger partial charge is 0.481 e. The number of phosphoric ester groups is 1. The van der Waals surface area contributed by atoms with Gasteiger partial charge in [0, 0.05) is 24.2 Å². The Morgan fingerprint density at radius 1 is 0.985 bits per heavy atom. The van der Waals surface area contributed by atoms with E-state index in [-0.39, 0.29) is 91.1 Å². The van der Waals surface area contributed by atoms with Crippen molar-refractivity contribution in [2.75, 3.05) is 39.6 Å². The number of aromatic nitrogens is 4. The Morgan fingerprint density at radius 2 is 1.60 bits per heavy atom. The number of hydrogen-bond donors (Lipinski definition) is 10. The Balaban J connectivity index is 1.02. The van der Waals surface area contributed by atoms with Crippen LogP contribution in [-0.4, -0.2) is 115 Å². The number of esters is 1. The molecule has 2 aromatic heterocycles. The van der Waals surface area contributed by atoms with Crippen molar-refractivity contribution < 1.29 is 95.3 Å². The number of H-pyrrole nitrogens is 1. The van der Waals surface area contributed by atoms with Crippen LogP contribution in [0.3, 0.4) is 0 Å². The molecule has 3 aromatic carbocycles. The maximum atomic E-state index is 13.7. The Morgan fingerprint density at radius 3 is 2.21 bits per heavy atom. The normalized spacial score (nSPS) is 19.9. The number of rotatable bonds is 13. The summed E-state index contributed by atoms with van der Waals surface area (Å²) in [6.07, 6.45) is -6.72. The van der Waals surface area contributed by atoms with Crippen LogP contribution in [0, 0.1) is 0 Å².